The molecular formula is C31H34FN7O2. The van der Waals surface area contributed by atoms with E-state index in [9.17, 15) is 14.4 Å². The first-order valence-corrected chi connectivity index (χ1v) is 14.1. The number of carbonyl (C=O) groups excluding carboxylic acids is 1. The quantitative estimate of drug-likeness (QED) is 0.408. The maximum absolute atomic E-state index is 13.8. The summed E-state index contributed by atoms with van der Waals surface area (Å²) in [5.41, 5.74) is 3.14. The van der Waals surface area contributed by atoms with E-state index in [0.29, 0.717) is 31.7 Å². The van der Waals surface area contributed by atoms with E-state index in [-0.39, 0.29) is 19.1 Å². The smallest absolute Gasteiger partial charge is 0.319 e. The summed E-state index contributed by atoms with van der Waals surface area (Å²) in [7, 11) is 4.08. The third kappa shape index (κ3) is 5.30. The molecule has 1 amide bonds. The fourth-order valence-corrected chi connectivity index (χ4v) is 6.11. The molecule has 2 fully saturated rings. The maximum atomic E-state index is 13.8. The van der Waals surface area contributed by atoms with Crippen molar-refractivity contribution in [2.75, 3.05) is 50.1 Å². The summed E-state index contributed by atoms with van der Waals surface area (Å²) in [4.78, 5) is 30.3. The zero-order valence-corrected chi connectivity index (χ0v) is 23.5. The van der Waals surface area contributed by atoms with Gasteiger partial charge in [-0.05, 0) is 32.0 Å². The van der Waals surface area contributed by atoms with Crippen LogP contribution in [0.3, 0.4) is 0 Å². The lowest BCUT2D eigenvalue weighted by molar-refractivity contribution is -0.131. The first kappa shape index (κ1) is 27.0. The Kier molecular flexibility index (Phi) is 7.22. The van der Waals surface area contributed by atoms with Gasteiger partial charge in [0.25, 0.3) is 5.91 Å². The molecule has 2 aromatic carbocycles. The van der Waals surface area contributed by atoms with Crippen molar-refractivity contribution < 1.29 is 13.9 Å². The van der Waals surface area contributed by atoms with Gasteiger partial charge in [0.15, 0.2) is 5.83 Å². The Labute approximate surface area is 239 Å². The van der Waals surface area contributed by atoms with E-state index in [1.54, 1.807) is 0 Å². The molecule has 1 saturated heterocycles. The van der Waals surface area contributed by atoms with E-state index >= 15 is 0 Å². The Hall–Kier alpha value is -4.23. The van der Waals surface area contributed by atoms with Crippen molar-refractivity contribution >= 4 is 28.2 Å². The molecule has 3 aliphatic rings. The molecule has 3 aromatic rings. The first-order valence-electron chi connectivity index (χ1n) is 14.1. The van der Waals surface area contributed by atoms with Gasteiger partial charge in [0.1, 0.15) is 11.9 Å². The molecule has 10 heteroatoms. The van der Waals surface area contributed by atoms with Crippen LogP contribution in [0.2, 0.25) is 0 Å². The number of ether oxygens (including phenoxy) is 1. The number of hydrogen-bond donors (Lipinski definition) is 0. The number of anilines is 2. The molecule has 6 rings (SSSR count). The lowest BCUT2D eigenvalue weighted by atomic mass is 10.0. The summed E-state index contributed by atoms with van der Waals surface area (Å²) in [6.45, 7) is 5.68. The fourth-order valence-electron chi connectivity index (χ4n) is 6.11. The summed E-state index contributed by atoms with van der Waals surface area (Å²) >= 11 is 0. The van der Waals surface area contributed by atoms with Gasteiger partial charge in [-0.3, -0.25) is 4.79 Å². The van der Waals surface area contributed by atoms with Crippen molar-refractivity contribution in [1.29, 1.82) is 5.26 Å². The third-order valence-electron chi connectivity index (χ3n) is 8.35. The van der Waals surface area contributed by atoms with Crippen LogP contribution in [0.4, 0.5) is 15.9 Å². The molecular weight excluding hydrogens is 521 g/mol. The molecule has 1 aromatic heterocycles. The summed E-state index contributed by atoms with van der Waals surface area (Å²) in [6, 6.07) is 17.1. The molecule has 3 unspecified atom stereocenters. The topological polar surface area (TPSA) is 88.8 Å². The number of nitriles is 1. The number of halogens is 1. The zero-order chi connectivity index (χ0) is 28.7. The highest BCUT2D eigenvalue weighted by atomic mass is 19.1. The second-order valence-electron chi connectivity index (χ2n) is 11.2. The van der Waals surface area contributed by atoms with Gasteiger partial charge < -0.3 is 24.3 Å². The van der Waals surface area contributed by atoms with Crippen LogP contribution in [0.5, 0.6) is 6.01 Å². The van der Waals surface area contributed by atoms with Crippen LogP contribution in [0.1, 0.15) is 24.1 Å². The van der Waals surface area contributed by atoms with Crippen LogP contribution >= 0.6 is 0 Å². The van der Waals surface area contributed by atoms with Crippen LogP contribution in [0.15, 0.2) is 54.9 Å². The van der Waals surface area contributed by atoms with Gasteiger partial charge in [-0.1, -0.05) is 43.0 Å². The van der Waals surface area contributed by atoms with Crippen LogP contribution in [0, 0.1) is 11.3 Å². The highest BCUT2D eigenvalue weighted by Gasteiger charge is 2.42. The minimum Gasteiger partial charge on any atom is -0.458 e. The largest absolute Gasteiger partial charge is 0.458 e. The molecule has 0 bridgehead atoms. The Morgan fingerprint density at radius 1 is 1.15 bits per heavy atom. The molecule has 0 N–H and O–H groups in total. The van der Waals surface area contributed by atoms with E-state index in [2.05, 4.69) is 69.8 Å². The lowest BCUT2D eigenvalue weighted by Crippen LogP contribution is -2.55. The number of nitrogens with zero attached hydrogens (tertiary/aromatic N) is 7. The van der Waals surface area contributed by atoms with Gasteiger partial charge >= 0.3 is 6.01 Å². The number of hydrogen-bond acceptors (Lipinski definition) is 8. The van der Waals surface area contributed by atoms with Crippen LogP contribution in [-0.2, 0) is 17.8 Å². The predicted molar refractivity (Wildman–Crippen MR) is 155 cm³/mol. The fraction of sp³-hybridized carbons (Fsp3) is 0.419. The summed E-state index contributed by atoms with van der Waals surface area (Å²) in [6.07, 6.45) is 1.78. The van der Waals surface area contributed by atoms with E-state index in [1.165, 1.54) is 21.4 Å². The number of likely N-dealkylation sites (N-methyl/N-ethyl adjacent to an activating group) is 1. The second-order valence-corrected chi connectivity index (χ2v) is 11.2. The van der Waals surface area contributed by atoms with Crippen molar-refractivity contribution in [3.63, 3.8) is 0 Å². The number of aromatic nitrogens is 2. The first-order chi connectivity index (χ1) is 19.8. The van der Waals surface area contributed by atoms with Crippen molar-refractivity contribution in [1.82, 2.24) is 19.8 Å². The normalized spacial score (nSPS) is 21.9. The van der Waals surface area contributed by atoms with Crippen molar-refractivity contribution in [2.24, 2.45) is 0 Å². The molecule has 1 saturated carbocycles. The van der Waals surface area contributed by atoms with Crippen LogP contribution < -0.4 is 14.5 Å². The SMILES string of the molecule is C=C(F)C(=O)N1CCN(c2nc(OC3CC3N(C)C)nc3c2CCN(c2cccc4ccccc24)C3)CC1CC#N. The minimum atomic E-state index is -1.01. The molecule has 2 aliphatic heterocycles. The van der Waals surface area contributed by atoms with E-state index in [4.69, 9.17) is 14.7 Å². The Balaban J connectivity index is 1.33. The number of benzene rings is 2. The standard InChI is InChI=1S/C31H34FN7O2/c1-20(32)30(40)39-16-15-38(18-22(39)11-13-33)29-24-12-14-37(26-10-6-8-21-7-4-5-9-23(21)26)19-25(24)34-31(35-29)41-28-17-27(28)36(2)3/h4-10,22,27-28H,1,11-12,14-19H2,2-3H3. The Morgan fingerprint density at radius 3 is 2.71 bits per heavy atom. The number of carbonyl (C=O) groups is 1. The van der Waals surface area contributed by atoms with E-state index < -0.39 is 17.8 Å². The molecule has 0 spiro atoms. The van der Waals surface area contributed by atoms with Crippen molar-refractivity contribution in [2.45, 2.75) is 44.0 Å². The third-order valence-corrected chi connectivity index (χ3v) is 8.35. The molecule has 41 heavy (non-hydrogen) atoms. The Bertz CT molecular complexity index is 1530. The van der Waals surface area contributed by atoms with Crippen LogP contribution in [-0.4, -0.2) is 84.1 Å². The average molecular weight is 556 g/mol. The van der Waals surface area contributed by atoms with Crippen molar-refractivity contribution in [3.8, 4) is 12.1 Å². The summed E-state index contributed by atoms with van der Waals surface area (Å²) in [5.74, 6) is -0.989. The monoisotopic (exact) mass is 555 g/mol. The Morgan fingerprint density at radius 2 is 1.95 bits per heavy atom. The predicted octanol–water partition coefficient (Wildman–Crippen LogP) is 3.69. The highest BCUT2D eigenvalue weighted by molar-refractivity contribution is 5.94. The molecule has 1 aliphatic carbocycles. The number of piperazine rings is 1. The summed E-state index contributed by atoms with van der Waals surface area (Å²) in [5, 5.41) is 11.9. The second kappa shape index (κ2) is 11.0. The molecule has 212 valence electrons. The highest BCUT2D eigenvalue weighted by Crippen LogP contribution is 2.36. The number of amides is 1. The van der Waals surface area contributed by atoms with Gasteiger partial charge in [-0.15, -0.1) is 0 Å². The molecule has 3 heterocycles. The summed E-state index contributed by atoms with van der Waals surface area (Å²) < 4.78 is 20.0. The molecule has 3 atom stereocenters. The van der Waals surface area contributed by atoms with Gasteiger partial charge in [-0.25, -0.2) is 4.39 Å². The van der Waals surface area contributed by atoms with E-state index in [0.717, 1.165) is 36.5 Å². The lowest BCUT2D eigenvalue weighted by Gasteiger charge is -2.42. The van der Waals surface area contributed by atoms with Gasteiger partial charge in [0.05, 0.1) is 30.8 Å². The van der Waals surface area contributed by atoms with Gasteiger partial charge in [0.2, 0.25) is 0 Å². The number of rotatable bonds is 7. The zero-order valence-electron chi connectivity index (χ0n) is 23.5. The number of fused-ring (bicyclic) bond motifs is 2. The van der Waals surface area contributed by atoms with E-state index in [1.807, 2.05) is 14.1 Å². The van der Waals surface area contributed by atoms with Gasteiger partial charge in [-0.2, -0.15) is 15.2 Å². The molecule has 0 radical (unpaired) electrons. The van der Waals surface area contributed by atoms with Crippen LogP contribution in [0.25, 0.3) is 10.8 Å². The minimum absolute atomic E-state index is 0.0324. The average Bonchev–Trinajstić information content (AvgIpc) is 3.75. The van der Waals surface area contributed by atoms with Gasteiger partial charge in [0, 0.05) is 55.3 Å². The molecule has 9 nitrogen and oxygen atoms in total. The van der Waals surface area contributed by atoms with Crippen molar-refractivity contribution in [3.05, 3.63) is 66.1 Å². The maximum Gasteiger partial charge on any atom is 0.319 e.